The van der Waals surface area contributed by atoms with Gasteiger partial charge in [-0.3, -0.25) is 13.8 Å². The highest BCUT2D eigenvalue weighted by Crippen LogP contribution is 2.43. The fourth-order valence-electron chi connectivity index (χ4n) is 5.96. The number of phosphoric acid groups is 1. The van der Waals surface area contributed by atoms with Gasteiger partial charge in [-0.25, -0.2) is 4.57 Å². The van der Waals surface area contributed by atoms with Crippen LogP contribution in [-0.4, -0.2) is 49.9 Å². The minimum atomic E-state index is -4.29. The molecule has 0 radical (unpaired) electrons. The molecule has 0 aliphatic rings. The zero-order chi connectivity index (χ0) is 40.2. The second kappa shape index (κ2) is 43.3. The summed E-state index contributed by atoms with van der Waals surface area (Å²) in [5.41, 5.74) is 5.37. The van der Waals surface area contributed by atoms with E-state index in [4.69, 9.17) is 24.3 Å². The molecule has 0 amide bonds. The molecule has 3 N–H and O–H groups in total. The van der Waals surface area contributed by atoms with Gasteiger partial charge in [0.1, 0.15) is 6.10 Å². The molecule has 0 aromatic heterocycles. The maximum atomic E-state index is 12.6. The van der Waals surface area contributed by atoms with E-state index in [9.17, 15) is 14.3 Å². The predicted molar refractivity (Wildman–Crippen MR) is 233 cm³/mol. The Bertz CT molecular complexity index is 1030. The summed E-state index contributed by atoms with van der Waals surface area (Å²) in [6.45, 7) is 4.71. The van der Waals surface area contributed by atoms with Crippen molar-refractivity contribution < 1.29 is 32.8 Å². The average molecular weight is 794 g/mol. The molecule has 0 aliphatic carbocycles. The Morgan fingerprint density at radius 2 is 1.02 bits per heavy atom. The van der Waals surface area contributed by atoms with Crippen molar-refractivity contribution in [3.63, 3.8) is 0 Å². The van der Waals surface area contributed by atoms with E-state index in [1.807, 2.05) is 0 Å². The molecule has 0 saturated carbocycles. The van der Waals surface area contributed by atoms with Gasteiger partial charge in [0.2, 0.25) is 0 Å². The number of phosphoric ester groups is 1. The van der Waals surface area contributed by atoms with Gasteiger partial charge in [0.15, 0.2) is 0 Å². The molecule has 2 atom stereocenters. The summed E-state index contributed by atoms with van der Waals surface area (Å²) in [6, 6.07) is 0. The molecular formula is C46H84NO7P. The van der Waals surface area contributed by atoms with Gasteiger partial charge in [0.05, 0.1) is 19.8 Å². The predicted octanol–water partition coefficient (Wildman–Crippen LogP) is 13.4. The minimum Gasteiger partial charge on any atom is -0.457 e. The van der Waals surface area contributed by atoms with Gasteiger partial charge in [0, 0.05) is 19.6 Å². The Hall–Kier alpha value is -1.80. The summed E-state index contributed by atoms with van der Waals surface area (Å²) in [6.07, 6.45) is 52.5. The third-order valence-electron chi connectivity index (χ3n) is 9.20. The number of unbranched alkanes of at least 4 members (excludes halogenated alkanes) is 19. The van der Waals surface area contributed by atoms with E-state index in [1.165, 1.54) is 96.3 Å². The largest absolute Gasteiger partial charge is 0.472 e. The number of allylic oxidation sites excluding steroid dienone is 10. The van der Waals surface area contributed by atoms with Gasteiger partial charge >= 0.3 is 13.8 Å². The van der Waals surface area contributed by atoms with Crippen molar-refractivity contribution in [2.75, 3.05) is 33.0 Å². The van der Waals surface area contributed by atoms with Crippen LogP contribution in [0.15, 0.2) is 60.8 Å². The molecule has 0 aliphatic heterocycles. The maximum Gasteiger partial charge on any atom is 0.472 e. The second-order valence-electron chi connectivity index (χ2n) is 14.5. The van der Waals surface area contributed by atoms with Crippen LogP contribution in [0, 0.1) is 0 Å². The molecule has 0 rings (SSSR count). The molecule has 0 aromatic carbocycles. The lowest BCUT2D eigenvalue weighted by Crippen LogP contribution is -2.28. The van der Waals surface area contributed by atoms with Crippen LogP contribution < -0.4 is 5.73 Å². The van der Waals surface area contributed by atoms with E-state index in [1.54, 1.807) is 0 Å². The Labute approximate surface area is 338 Å². The molecule has 55 heavy (non-hydrogen) atoms. The van der Waals surface area contributed by atoms with Crippen LogP contribution >= 0.6 is 7.82 Å². The first-order chi connectivity index (χ1) is 26.9. The highest BCUT2D eigenvalue weighted by molar-refractivity contribution is 7.47. The second-order valence-corrected chi connectivity index (χ2v) is 16.0. The molecular weight excluding hydrogens is 709 g/mol. The van der Waals surface area contributed by atoms with E-state index in [2.05, 4.69) is 74.6 Å². The third kappa shape index (κ3) is 43.2. The van der Waals surface area contributed by atoms with Crippen molar-refractivity contribution in [1.29, 1.82) is 0 Å². The highest BCUT2D eigenvalue weighted by Gasteiger charge is 2.25. The molecule has 0 aromatic rings. The zero-order valence-corrected chi connectivity index (χ0v) is 36.3. The Morgan fingerprint density at radius 1 is 0.564 bits per heavy atom. The van der Waals surface area contributed by atoms with Crippen molar-refractivity contribution in [1.82, 2.24) is 0 Å². The standard InChI is InChI=1S/C46H84NO7P/c1-3-5-7-9-11-13-15-17-19-21-23-25-27-29-31-33-35-37-39-46(48)54-45(44-53-55(49,50)52-42-40-47)43-51-41-38-36-34-32-30-28-26-24-22-20-18-16-14-12-10-8-6-4-2/h6,8,12,14,18,20,24,26,30,32,45H,3-5,7,9-11,13,15-17,19,21-23,25,27-29,31,33-44,47H2,1-2H3,(H,49,50)/b8-6-,14-12-,20-18-,26-24-,32-30-. The number of hydrogen-bond acceptors (Lipinski definition) is 7. The van der Waals surface area contributed by atoms with E-state index < -0.39 is 13.9 Å². The monoisotopic (exact) mass is 794 g/mol. The molecule has 0 spiro atoms. The lowest BCUT2D eigenvalue weighted by molar-refractivity contribution is -0.154. The summed E-state index contributed by atoms with van der Waals surface area (Å²) in [4.78, 5) is 22.5. The van der Waals surface area contributed by atoms with Crippen molar-refractivity contribution in [2.45, 2.75) is 193 Å². The number of rotatable bonds is 42. The lowest BCUT2D eigenvalue weighted by atomic mass is 10.0. The van der Waals surface area contributed by atoms with Crippen molar-refractivity contribution in [3.05, 3.63) is 60.8 Å². The lowest BCUT2D eigenvalue weighted by Gasteiger charge is -2.20. The minimum absolute atomic E-state index is 0.0867. The van der Waals surface area contributed by atoms with Crippen molar-refractivity contribution >= 4 is 13.8 Å². The SMILES string of the molecule is CC/C=C\C/C=C\C/C=C\C/C=C\C/C=C\CCCCOCC(COP(=O)(O)OCCN)OC(=O)CCCCCCCCCCCCCCCCCCCC. The van der Waals surface area contributed by atoms with Gasteiger partial charge in [-0.05, 0) is 57.8 Å². The smallest absolute Gasteiger partial charge is 0.457 e. The van der Waals surface area contributed by atoms with Crippen molar-refractivity contribution in [3.8, 4) is 0 Å². The fourth-order valence-corrected chi connectivity index (χ4v) is 6.73. The van der Waals surface area contributed by atoms with E-state index in [0.717, 1.165) is 70.6 Å². The summed E-state index contributed by atoms with van der Waals surface area (Å²) in [5, 5.41) is 0. The average Bonchev–Trinajstić information content (AvgIpc) is 3.17. The number of ether oxygens (including phenoxy) is 2. The highest BCUT2D eigenvalue weighted by atomic mass is 31.2. The number of esters is 1. The first kappa shape index (κ1) is 53.2. The summed E-state index contributed by atoms with van der Waals surface area (Å²) in [7, 11) is -4.29. The third-order valence-corrected chi connectivity index (χ3v) is 10.2. The summed E-state index contributed by atoms with van der Waals surface area (Å²) >= 11 is 0. The fraction of sp³-hybridized carbons (Fsp3) is 0.761. The number of nitrogens with two attached hydrogens (primary N) is 1. The summed E-state index contributed by atoms with van der Waals surface area (Å²) in [5.74, 6) is -0.345. The van der Waals surface area contributed by atoms with Crippen LogP contribution in [0.4, 0.5) is 0 Å². The molecule has 0 bridgehead atoms. The van der Waals surface area contributed by atoms with Crippen LogP contribution in [0.5, 0.6) is 0 Å². The van der Waals surface area contributed by atoms with Crippen LogP contribution in [0.25, 0.3) is 0 Å². The van der Waals surface area contributed by atoms with E-state index in [0.29, 0.717) is 13.0 Å². The molecule has 0 saturated heterocycles. The number of carbonyl (C=O) groups is 1. The Morgan fingerprint density at radius 3 is 1.49 bits per heavy atom. The van der Waals surface area contributed by atoms with Gasteiger partial charge in [-0.15, -0.1) is 0 Å². The number of carbonyl (C=O) groups excluding carboxylic acids is 1. The molecule has 8 nitrogen and oxygen atoms in total. The normalized spacial score (nSPS) is 14.0. The van der Waals surface area contributed by atoms with Gasteiger partial charge in [-0.2, -0.15) is 0 Å². The van der Waals surface area contributed by atoms with Crippen LogP contribution in [0.1, 0.15) is 187 Å². The van der Waals surface area contributed by atoms with Crippen LogP contribution in [0.2, 0.25) is 0 Å². The van der Waals surface area contributed by atoms with Crippen molar-refractivity contribution in [2.24, 2.45) is 5.73 Å². The first-order valence-corrected chi connectivity index (χ1v) is 23.8. The quantitative estimate of drug-likeness (QED) is 0.0271. The van der Waals surface area contributed by atoms with Gasteiger partial charge in [0.25, 0.3) is 0 Å². The van der Waals surface area contributed by atoms with Gasteiger partial charge in [-0.1, -0.05) is 184 Å². The van der Waals surface area contributed by atoms with E-state index >= 15 is 0 Å². The molecule has 0 fully saturated rings. The van der Waals surface area contributed by atoms with Gasteiger partial charge < -0.3 is 20.1 Å². The Balaban J connectivity index is 4.09. The molecule has 2 unspecified atom stereocenters. The van der Waals surface area contributed by atoms with Crippen LogP contribution in [-0.2, 0) is 27.9 Å². The Kier molecular flexibility index (Phi) is 41.9. The molecule has 9 heteroatoms. The zero-order valence-electron chi connectivity index (χ0n) is 35.4. The number of hydrogen-bond donors (Lipinski definition) is 2. The maximum absolute atomic E-state index is 12.6. The topological polar surface area (TPSA) is 117 Å². The molecule has 0 heterocycles. The molecule has 320 valence electrons. The first-order valence-electron chi connectivity index (χ1n) is 22.3. The summed E-state index contributed by atoms with van der Waals surface area (Å²) < 4.78 is 33.4. The van der Waals surface area contributed by atoms with E-state index in [-0.39, 0.29) is 32.3 Å². The van der Waals surface area contributed by atoms with Crippen LogP contribution in [0.3, 0.4) is 0 Å².